The first-order valence-corrected chi connectivity index (χ1v) is 9.31. The van der Waals surface area contributed by atoms with Crippen LogP contribution in [0.1, 0.15) is 38.2 Å². The summed E-state index contributed by atoms with van der Waals surface area (Å²) in [5, 5.41) is 6.88. The first-order valence-electron chi connectivity index (χ1n) is 9.31. The second-order valence-corrected chi connectivity index (χ2v) is 7.37. The fourth-order valence-electron chi connectivity index (χ4n) is 4.00. The molecular formula is C22H28N2O2. The molecule has 0 saturated carbocycles. The lowest BCUT2D eigenvalue weighted by Crippen LogP contribution is -2.34. The van der Waals surface area contributed by atoms with Gasteiger partial charge in [0.25, 0.3) is 0 Å². The lowest BCUT2D eigenvalue weighted by Gasteiger charge is -2.36. The topological polar surface area (TPSA) is 41.9 Å². The molecule has 1 aromatic carbocycles. The van der Waals surface area contributed by atoms with Crippen LogP contribution in [0.2, 0.25) is 0 Å². The number of rotatable bonds is 6. The van der Waals surface area contributed by atoms with E-state index < -0.39 is 5.41 Å². The van der Waals surface area contributed by atoms with Gasteiger partial charge in [0, 0.05) is 19.6 Å². The molecule has 1 saturated heterocycles. The van der Waals surface area contributed by atoms with Gasteiger partial charge in [-0.15, -0.1) is 0 Å². The number of ether oxygens (including phenoxy) is 1. The van der Waals surface area contributed by atoms with Crippen LogP contribution in [0, 0.1) is 5.41 Å². The Bertz CT molecular complexity index is 723. The number of allylic oxidation sites excluding steroid dienone is 4. The number of Topliss-reactive ketones (excluding diaryl/α,β-unsaturated/α-hetero) is 1. The number of carbonyl (C=O) groups excluding carboxylic acids is 1. The molecule has 26 heavy (non-hydrogen) atoms. The van der Waals surface area contributed by atoms with Crippen molar-refractivity contribution in [2.45, 2.75) is 38.6 Å². The van der Waals surface area contributed by atoms with Crippen LogP contribution in [0.5, 0.6) is 0 Å². The van der Waals surface area contributed by atoms with Crippen molar-refractivity contribution in [3.05, 3.63) is 59.7 Å². The van der Waals surface area contributed by atoms with Crippen LogP contribution in [-0.4, -0.2) is 43.3 Å². The Morgan fingerprint density at radius 3 is 2.85 bits per heavy atom. The van der Waals surface area contributed by atoms with Gasteiger partial charge in [-0.2, -0.15) is 5.10 Å². The Morgan fingerprint density at radius 2 is 2.15 bits per heavy atom. The van der Waals surface area contributed by atoms with E-state index in [-0.39, 0.29) is 11.7 Å². The van der Waals surface area contributed by atoms with Gasteiger partial charge in [-0.25, -0.2) is 0 Å². The maximum atomic E-state index is 12.5. The minimum Gasteiger partial charge on any atom is -0.382 e. The SMILES string of the molecule is COC[C@@H]1CCCN1/N=C/C1=CC=C[C@](C)(C(C)=O)[C@@H]1c1ccccc1. The molecule has 1 aliphatic carbocycles. The number of ketones is 1. The molecule has 4 nitrogen and oxygen atoms in total. The van der Waals surface area contributed by atoms with Crippen molar-refractivity contribution in [3.8, 4) is 0 Å². The second kappa shape index (κ2) is 8.00. The summed E-state index contributed by atoms with van der Waals surface area (Å²) in [6.45, 7) is 5.35. The summed E-state index contributed by atoms with van der Waals surface area (Å²) in [5.74, 6) is 0.137. The molecule has 138 valence electrons. The van der Waals surface area contributed by atoms with E-state index in [4.69, 9.17) is 9.84 Å². The van der Waals surface area contributed by atoms with E-state index in [0.717, 1.165) is 30.5 Å². The van der Waals surface area contributed by atoms with Gasteiger partial charge in [0.2, 0.25) is 0 Å². The van der Waals surface area contributed by atoms with E-state index in [2.05, 4.69) is 23.2 Å². The molecular weight excluding hydrogens is 324 g/mol. The van der Waals surface area contributed by atoms with Crippen molar-refractivity contribution in [1.29, 1.82) is 0 Å². The third-order valence-electron chi connectivity index (χ3n) is 5.62. The van der Waals surface area contributed by atoms with E-state index in [9.17, 15) is 4.79 Å². The zero-order valence-corrected chi connectivity index (χ0v) is 15.9. The number of carbonyl (C=O) groups is 1. The van der Waals surface area contributed by atoms with Gasteiger partial charge in [0.15, 0.2) is 0 Å². The van der Waals surface area contributed by atoms with Crippen molar-refractivity contribution < 1.29 is 9.53 Å². The number of hydrogen-bond donors (Lipinski definition) is 0. The Labute approximate surface area is 156 Å². The van der Waals surface area contributed by atoms with E-state index in [0.29, 0.717) is 12.6 Å². The van der Waals surface area contributed by atoms with Gasteiger partial charge >= 0.3 is 0 Å². The molecule has 1 heterocycles. The van der Waals surface area contributed by atoms with Crippen molar-refractivity contribution in [3.63, 3.8) is 0 Å². The molecule has 1 aromatic rings. The highest BCUT2D eigenvalue weighted by Crippen LogP contribution is 2.45. The largest absolute Gasteiger partial charge is 0.382 e. The number of benzene rings is 1. The monoisotopic (exact) mass is 352 g/mol. The van der Waals surface area contributed by atoms with Crippen LogP contribution >= 0.6 is 0 Å². The van der Waals surface area contributed by atoms with Gasteiger partial charge in [-0.3, -0.25) is 9.80 Å². The van der Waals surface area contributed by atoms with E-state index in [1.165, 1.54) is 0 Å². The predicted molar refractivity (Wildman–Crippen MR) is 105 cm³/mol. The molecule has 4 heteroatoms. The molecule has 2 aliphatic rings. The molecule has 3 rings (SSSR count). The molecule has 1 fully saturated rings. The fourth-order valence-corrected chi connectivity index (χ4v) is 4.00. The zero-order chi connectivity index (χ0) is 18.6. The highest BCUT2D eigenvalue weighted by atomic mass is 16.5. The number of methoxy groups -OCH3 is 1. The van der Waals surface area contributed by atoms with Gasteiger partial charge in [0.05, 0.1) is 24.3 Å². The van der Waals surface area contributed by atoms with Gasteiger partial charge in [0.1, 0.15) is 5.78 Å². The third-order valence-corrected chi connectivity index (χ3v) is 5.62. The zero-order valence-electron chi connectivity index (χ0n) is 15.9. The minimum absolute atomic E-state index is 0.0292. The number of hydrazone groups is 1. The van der Waals surface area contributed by atoms with Crippen LogP contribution < -0.4 is 0 Å². The molecule has 0 spiro atoms. The molecule has 0 aromatic heterocycles. The Kier molecular flexibility index (Phi) is 5.72. The van der Waals surface area contributed by atoms with Crippen LogP contribution in [0.15, 0.2) is 59.2 Å². The van der Waals surface area contributed by atoms with E-state index in [1.54, 1.807) is 14.0 Å². The summed E-state index contributed by atoms with van der Waals surface area (Å²) in [6.07, 6.45) is 10.3. The maximum Gasteiger partial charge on any atom is 0.140 e. The standard InChI is InChI=1S/C22H28N2O2/c1-17(25)22(2)13-7-11-19(21(22)18-9-5-4-6-10-18)15-23-24-14-8-12-20(24)16-26-3/h4-7,9-11,13,15,20-21H,8,12,14,16H2,1-3H3/b23-15+/t20-,21+,22+/m0/s1. The number of hydrogen-bond acceptors (Lipinski definition) is 4. The van der Waals surface area contributed by atoms with Crippen LogP contribution in [-0.2, 0) is 9.53 Å². The third kappa shape index (κ3) is 3.65. The molecule has 3 atom stereocenters. The van der Waals surface area contributed by atoms with Crippen molar-refractivity contribution in [1.82, 2.24) is 5.01 Å². The quantitative estimate of drug-likeness (QED) is 0.728. The van der Waals surface area contributed by atoms with Gasteiger partial charge < -0.3 is 4.74 Å². The molecule has 0 N–H and O–H groups in total. The minimum atomic E-state index is -0.561. The Hall–Kier alpha value is -2.20. The summed E-state index contributed by atoms with van der Waals surface area (Å²) in [4.78, 5) is 12.5. The molecule has 0 radical (unpaired) electrons. The lowest BCUT2D eigenvalue weighted by atomic mass is 9.65. The van der Waals surface area contributed by atoms with Crippen molar-refractivity contribution in [2.24, 2.45) is 10.5 Å². The molecule has 1 aliphatic heterocycles. The number of nitrogens with zero attached hydrogens (tertiary/aromatic N) is 2. The van der Waals surface area contributed by atoms with Gasteiger partial charge in [-0.1, -0.05) is 48.6 Å². The summed E-state index contributed by atoms with van der Waals surface area (Å²) >= 11 is 0. The lowest BCUT2D eigenvalue weighted by molar-refractivity contribution is -0.124. The normalized spacial score (nSPS) is 28.6. The Balaban J connectivity index is 1.91. The van der Waals surface area contributed by atoms with E-state index in [1.807, 2.05) is 43.5 Å². The average molecular weight is 352 g/mol. The van der Waals surface area contributed by atoms with E-state index >= 15 is 0 Å². The first kappa shape index (κ1) is 18.6. The second-order valence-electron chi connectivity index (χ2n) is 7.37. The highest BCUT2D eigenvalue weighted by Gasteiger charge is 2.40. The van der Waals surface area contributed by atoms with Gasteiger partial charge in [-0.05, 0) is 37.8 Å². The maximum absolute atomic E-state index is 12.5. The van der Waals surface area contributed by atoms with Crippen LogP contribution in [0.4, 0.5) is 0 Å². The van der Waals surface area contributed by atoms with Crippen molar-refractivity contribution >= 4 is 12.0 Å². The summed E-state index contributed by atoms with van der Waals surface area (Å²) in [6, 6.07) is 10.6. The Morgan fingerprint density at radius 1 is 1.38 bits per heavy atom. The van der Waals surface area contributed by atoms with Crippen molar-refractivity contribution in [2.75, 3.05) is 20.3 Å². The summed E-state index contributed by atoms with van der Waals surface area (Å²) < 4.78 is 5.32. The summed E-state index contributed by atoms with van der Waals surface area (Å²) in [5.41, 5.74) is 1.65. The predicted octanol–water partition coefficient (Wildman–Crippen LogP) is 3.96. The van der Waals surface area contributed by atoms with Crippen LogP contribution in [0.3, 0.4) is 0 Å². The highest BCUT2D eigenvalue weighted by molar-refractivity contribution is 5.91. The molecule has 0 bridgehead atoms. The van der Waals surface area contributed by atoms with Crippen LogP contribution in [0.25, 0.3) is 0 Å². The average Bonchev–Trinajstić information content (AvgIpc) is 3.08. The molecule has 0 amide bonds. The molecule has 0 unspecified atom stereocenters. The summed E-state index contributed by atoms with van der Waals surface area (Å²) in [7, 11) is 1.73. The first-order chi connectivity index (χ1) is 12.6. The fraction of sp³-hybridized carbons (Fsp3) is 0.455. The smallest absolute Gasteiger partial charge is 0.140 e.